The summed E-state index contributed by atoms with van der Waals surface area (Å²) < 4.78 is 50.3. The first-order valence-electron chi connectivity index (χ1n) is 9.99. The summed E-state index contributed by atoms with van der Waals surface area (Å²) in [6.45, 7) is 1.08. The second-order valence-corrected chi connectivity index (χ2v) is 9.27. The van der Waals surface area contributed by atoms with Crippen LogP contribution in [0.5, 0.6) is 0 Å². The lowest BCUT2D eigenvalue weighted by molar-refractivity contribution is 0.0479. The Bertz CT molecular complexity index is 1150. The number of carbonyl (C=O) groups excluding carboxylic acids is 1. The van der Waals surface area contributed by atoms with Crippen molar-refractivity contribution in [3.8, 4) is 0 Å². The van der Waals surface area contributed by atoms with Crippen LogP contribution in [-0.2, 0) is 21.1 Å². The number of carbonyl (C=O) groups is 1. The zero-order valence-electron chi connectivity index (χ0n) is 16.7. The van der Waals surface area contributed by atoms with Crippen molar-refractivity contribution in [2.75, 3.05) is 13.2 Å². The van der Waals surface area contributed by atoms with Crippen LogP contribution in [0.1, 0.15) is 29.0 Å². The standard InChI is InChI=1S/C23H22FNO5S/c24-18-7-4-6-17(14-18)15-25(16-19-8-5-13-29-19)23(26)21-11-12-22(30-21)31(27,28)20-9-2-1-3-10-20/h1-4,6-7,9-12,14,19H,5,8,13,15-16H2. The molecule has 0 aliphatic carbocycles. The second kappa shape index (κ2) is 9.03. The average Bonchev–Trinajstić information content (AvgIpc) is 3.46. The third-order valence-electron chi connectivity index (χ3n) is 5.11. The van der Waals surface area contributed by atoms with Crippen LogP contribution >= 0.6 is 0 Å². The summed E-state index contributed by atoms with van der Waals surface area (Å²) in [5.74, 6) is -0.963. The molecule has 1 atom stereocenters. The van der Waals surface area contributed by atoms with Gasteiger partial charge in [-0.3, -0.25) is 4.79 Å². The number of benzene rings is 2. The summed E-state index contributed by atoms with van der Waals surface area (Å²) in [6.07, 6.45) is 1.60. The highest BCUT2D eigenvalue weighted by molar-refractivity contribution is 7.91. The van der Waals surface area contributed by atoms with Gasteiger partial charge in [0.05, 0.1) is 11.0 Å². The van der Waals surface area contributed by atoms with Gasteiger partial charge in [-0.25, -0.2) is 12.8 Å². The van der Waals surface area contributed by atoms with Gasteiger partial charge in [-0.2, -0.15) is 0 Å². The van der Waals surface area contributed by atoms with Crippen molar-refractivity contribution in [3.05, 3.63) is 83.9 Å². The van der Waals surface area contributed by atoms with E-state index in [9.17, 15) is 17.6 Å². The first kappa shape index (κ1) is 21.3. The Labute approximate surface area is 180 Å². The summed E-state index contributed by atoms with van der Waals surface area (Å²) in [7, 11) is -3.88. The molecule has 162 valence electrons. The number of rotatable bonds is 7. The summed E-state index contributed by atoms with van der Waals surface area (Å²) in [6, 6.07) is 16.5. The normalized spacial score (nSPS) is 16.4. The quantitative estimate of drug-likeness (QED) is 0.550. The fourth-order valence-corrected chi connectivity index (χ4v) is 4.75. The lowest BCUT2D eigenvalue weighted by atomic mass is 10.1. The Hall–Kier alpha value is -2.97. The largest absolute Gasteiger partial charge is 0.439 e. The smallest absolute Gasteiger partial charge is 0.290 e. The minimum Gasteiger partial charge on any atom is -0.439 e. The molecule has 1 fully saturated rings. The summed E-state index contributed by atoms with van der Waals surface area (Å²) >= 11 is 0. The Kier molecular flexibility index (Phi) is 6.20. The van der Waals surface area contributed by atoms with E-state index in [-0.39, 0.29) is 28.4 Å². The van der Waals surface area contributed by atoms with E-state index < -0.39 is 21.6 Å². The van der Waals surface area contributed by atoms with Crippen LogP contribution in [0.2, 0.25) is 0 Å². The number of sulfone groups is 1. The van der Waals surface area contributed by atoms with Crippen LogP contribution in [0.4, 0.5) is 4.39 Å². The van der Waals surface area contributed by atoms with Crippen molar-refractivity contribution in [2.45, 2.75) is 35.5 Å². The maximum atomic E-state index is 13.6. The highest BCUT2D eigenvalue weighted by Crippen LogP contribution is 2.24. The second-order valence-electron chi connectivity index (χ2n) is 7.39. The molecule has 6 nitrogen and oxygen atoms in total. The number of furan rings is 1. The minimum absolute atomic E-state index is 0.0827. The van der Waals surface area contributed by atoms with Crippen LogP contribution in [0.25, 0.3) is 0 Å². The molecule has 1 amide bonds. The van der Waals surface area contributed by atoms with Crippen LogP contribution in [-0.4, -0.2) is 38.5 Å². The highest BCUT2D eigenvalue weighted by atomic mass is 32.2. The van der Waals surface area contributed by atoms with Crippen LogP contribution < -0.4 is 0 Å². The number of hydrogen-bond donors (Lipinski definition) is 0. The predicted molar refractivity (Wildman–Crippen MR) is 111 cm³/mol. The highest BCUT2D eigenvalue weighted by Gasteiger charge is 2.28. The molecule has 1 unspecified atom stereocenters. The van der Waals surface area contributed by atoms with E-state index in [1.807, 2.05) is 0 Å². The molecule has 1 saturated heterocycles. The molecule has 31 heavy (non-hydrogen) atoms. The van der Waals surface area contributed by atoms with E-state index in [0.717, 1.165) is 12.8 Å². The van der Waals surface area contributed by atoms with Crippen molar-refractivity contribution in [1.82, 2.24) is 4.90 Å². The molecule has 0 saturated carbocycles. The molecule has 1 aliphatic heterocycles. The van der Waals surface area contributed by atoms with E-state index in [1.165, 1.54) is 41.3 Å². The monoisotopic (exact) mass is 443 g/mol. The van der Waals surface area contributed by atoms with Gasteiger partial charge in [-0.1, -0.05) is 30.3 Å². The van der Waals surface area contributed by atoms with E-state index in [0.29, 0.717) is 18.7 Å². The molecule has 0 N–H and O–H groups in total. The van der Waals surface area contributed by atoms with Gasteiger partial charge in [0.15, 0.2) is 5.76 Å². The molecule has 2 aromatic carbocycles. The van der Waals surface area contributed by atoms with Crippen molar-refractivity contribution < 1.29 is 26.8 Å². The van der Waals surface area contributed by atoms with Crippen molar-refractivity contribution >= 4 is 15.7 Å². The Morgan fingerprint density at radius 1 is 1.06 bits per heavy atom. The maximum Gasteiger partial charge on any atom is 0.290 e. The van der Waals surface area contributed by atoms with Gasteiger partial charge in [0.2, 0.25) is 14.9 Å². The number of hydrogen-bond acceptors (Lipinski definition) is 5. The number of ether oxygens (including phenoxy) is 1. The molecular weight excluding hydrogens is 421 g/mol. The predicted octanol–water partition coefficient (Wildman–Crippen LogP) is 4.07. The molecule has 1 aliphatic rings. The lowest BCUT2D eigenvalue weighted by Gasteiger charge is -2.24. The van der Waals surface area contributed by atoms with Gasteiger partial charge in [-0.05, 0) is 54.8 Å². The molecule has 1 aromatic heterocycles. The molecule has 0 bridgehead atoms. The van der Waals surface area contributed by atoms with Gasteiger partial charge in [0.1, 0.15) is 5.82 Å². The SMILES string of the molecule is O=C(c1ccc(S(=O)(=O)c2ccccc2)o1)N(Cc1cccc(F)c1)CC1CCCO1. The zero-order valence-corrected chi connectivity index (χ0v) is 17.6. The molecule has 2 heterocycles. The maximum absolute atomic E-state index is 13.6. The summed E-state index contributed by atoms with van der Waals surface area (Å²) in [4.78, 5) is 14.8. The lowest BCUT2D eigenvalue weighted by Crippen LogP contribution is -2.36. The van der Waals surface area contributed by atoms with Gasteiger partial charge < -0.3 is 14.1 Å². The molecule has 0 spiro atoms. The first-order chi connectivity index (χ1) is 14.9. The van der Waals surface area contributed by atoms with E-state index in [2.05, 4.69) is 0 Å². The van der Waals surface area contributed by atoms with Crippen molar-refractivity contribution in [3.63, 3.8) is 0 Å². The third-order valence-corrected chi connectivity index (χ3v) is 6.75. The average molecular weight is 443 g/mol. The van der Waals surface area contributed by atoms with Crippen LogP contribution in [0, 0.1) is 5.82 Å². The Morgan fingerprint density at radius 3 is 2.58 bits per heavy atom. The van der Waals surface area contributed by atoms with Gasteiger partial charge in [-0.15, -0.1) is 0 Å². The molecule has 0 radical (unpaired) electrons. The Morgan fingerprint density at radius 2 is 1.87 bits per heavy atom. The van der Waals surface area contributed by atoms with Gasteiger partial charge in [0, 0.05) is 19.7 Å². The van der Waals surface area contributed by atoms with Gasteiger partial charge in [0.25, 0.3) is 5.91 Å². The van der Waals surface area contributed by atoms with E-state index >= 15 is 0 Å². The topological polar surface area (TPSA) is 76.8 Å². The third kappa shape index (κ3) is 4.86. The molecule has 4 rings (SSSR count). The van der Waals surface area contributed by atoms with Crippen molar-refractivity contribution in [1.29, 1.82) is 0 Å². The minimum atomic E-state index is -3.88. The first-order valence-corrected chi connectivity index (χ1v) is 11.5. The molecular formula is C23H22FNO5S. The number of nitrogens with zero attached hydrogens (tertiary/aromatic N) is 1. The van der Waals surface area contributed by atoms with E-state index in [1.54, 1.807) is 30.3 Å². The van der Waals surface area contributed by atoms with Gasteiger partial charge >= 0.3 is 0 Å². The summed E-state index contributed by atoms with van der Waals surface area (Å²) in [5.41, 5.74) is 0.620. The van der Waals surface area contributed by atoms with E-state index in [4.69, 9.17) is 9.15 Å². The van der Waals surface area contributed by atoms with Crippen LogP contribution in [0.15, 0.2) is 81.1 Å². The molecule has 3 aromatic rings. The fraction of sp³-hybridized carbons (Fsp3) is 0.261. The molecule has 8 heteroatoms. The Balaban J connectivity index is 1.59. The van der Waals surface area contributed by atoms with Crippen molar-refractivity contribution in [2.24, 2.45) is 0 Å². The number of amides is 1. The fourth-order valence-electron chi connectivity index (χ4n) is 3.56. The number of halogens is 1. The van der Waals surface area contributed by atoms with Crippen LogP contribution in [0.3, 0.4) is 0 Å². The zero-order chi connectivity index (χ0) is 21.8. The summed E-state index contributed by atoms with van der Waals surface area (Å²) in [5, 5.41) is -0.301.